The number of aryl methyl sites for hydroxylation is 3. The fourth-order valence-corrected chi connectivity index (χ4v) is 3.30. The van der Waals surface area contributed by atoms with E-state index in [-0.39, 0.29) is 18.2 Å². The molecule has 0 fully saturated rings. The minimum Gasteiger partial charge on any atom is -0.457 e. The summed E-state index contributed by atoms with van der Waals surface area (Å²) in [5.41, 5.74) is 5.09. The molecule has 1 heterocycles. The molecule has 0 atom stereocenters. The van der Waals surface area contributed by atoms with Crippen LogP contribution in [0.4, 0.5) is 5.69 Å². The SMILES string of the molecule is Cc1cc(C)c(NC(=O)CNC(=O)COC(=O)c2occc2-c2ccccc2)c(C)c1. The minimum absolute atomic E-state index is 0.0158. The van der Waals surface area contributed by atoms with Gasteiger partial charge in [-0.05, 0) is 43.5 Å². The molecule has 1 aromatic heterocycles. The number of anilines is 1. The van der Waals surface area contributed by atoms with Gasteiger partial charge in [-0.2, -0.15) is 0 Å². The lowest BCUT2D eigenvalue weighted by atomic mass is 10.1. The largest absolute Gasteiger partial charge is 0.457 e. The summed E-state index contributed by atoms with van der Waals surface area (Å²) in [6.45, 7) is 5.04. The van der Waals surface area contributed by atoms with Gasteiger partial charge in [-0.15, -0.1) is 0 Å². The maximum atomic E-state index is 12.3. The third-order valence-corrected chi connectivity index (χ3v) is 4.66. The summed E-state index contributed by atoms with van der Waals surface area (Å²) in [5, 5.41) is 5.24. The number of carbonyl (C=O) groups is 3. The highest BCUT2D eigenvalue weighted by Crippen LogP contribution is 2.25. The van der Waals surface area contributed by atoms with E-state index in [1.165, 1.54) is 6.26 Å². The Balaban J connectivity index is 1.49. The highest BCUT2D eigenvalue weighted by Gasteiger charge is 2.19. The second kappa shape index (κ2) is 9.75. The molecule has 7 nitrogen and oxygen atoms in total. The Morgan fingerprint density at radius 2 is 1.61 bits per heavy atom. The summed E-state index contributed by atoms with van der Waals surface area (Å²) in [6.07, 6.45) is 1.39. The van der Waals surface area contributed by atoms with Crippen LogP contribution in [0.2, 0.25) is 0 Å². The second-order valence-corrected chi connectivity index (χ2v) is 7.20. The molecule has 160 valence electrons. The van der Waals surface area contributed by atoms with Crippen LogP contribution in [0.15, 0.2) is 59.2 Å². The maximum absolute atomic E-state index is 12.3. The van der Waals surface area contributed by atoms with Crippen LogP contribution >= 0.6 is 0 Å². The summed E-state index contributed by atoms with van der Waals surface area (Å²) in [6, 6.07) is 14.8. The lowest BCUT2D eigenvalue weighted by Gasteiger charge is -2.13. The molecular formula is C24H24N2O5. The molecule has 0 bridgehead atoms. The van der Waals surface area contributed by atoms with Crippen LogP contribution in [-0.2, 0) is 14.3 Å². The third kappa shape index (κ3) is 5.60. The predicted molar refractivity (Wildman–Crippen MR) is 117 cm³/mol. The number of benzene rings is 2. The number of esters is 1. The molecule has 0 saturated heterocycles. The van der Waals surface area contributed by atoms with Crippen molar-refractivity contribution in [2.45, 2.75) is 20.8 Å². The van der Waals surface area contributed by atoms with Crippen molar-refractivity contribution in [3.63, 3.8) is 0 Å². The van der Waals surface area contributed by atoms with E-state index in [0.717, 1.165) is 27.9 Å². The first kappa shape index (κ1) is 21.8. The van der Waals surface area contributed by atoms with Crippen LogP contribution in [0.5, 0.6) is 0 Å². The average molecular weight is 420 g/mol. The lowest BCUT2D eigenvalue weighted by molar-refractivity contribution is -0.126. The number of rotatable bonds is 7. The van der Waals surface area contributed by atoms with Gasteiger partial charge in [0.05, 0.1) is 12.8 Å². The molecule has 3 rings (SSSR count). The highest BCUT2D eigenvalue weighted by atomic mass is 16.5. The molecule has 3 aromatic rings. The maximum Gasteiger partial charge on any atom is 0.375 e. The molecule has 7 heteroatoms. The van der Waals surface area contributed by atoms with Crippen molar-refractivity contribution < 1.29 is 23.5 Å². The summed E-state index contributed by atoms with van der Waals surface area (Å²) < 4.78 is 10.3. The molecule has 0 spiro atoms. The van der Waals surface area contributed by atoms with Crippen molar-refractivity contribution in [2.75, 3.05) is 18.5 Å². The highest BCUT2D eigenvalue weighted by molar-refractivity contribution is 5.97. The average Bonchev–Trinajstić information content (AvgIpc) is 3.24. The number of ether oxygens (including phenoxy) is 1. The van der Waals surface area contributed by atoms with Crippen LogP contribution < -0.4 is 10.6 Å². The molecule has 2 N–H and O–H groups in total. The van der Waals surface area contributed by atoms with Gasteiger partial charge < -0.3 is 19.8 Å². The van der Waals surface area contributed by atoms with Crippen molar-refractivity contribution in [3.05, 3.63) is 77.2 Å². The van der Waals surface area contributed by atoms with Gasteiger partial charge in [-0.25, -0.2) is 4.79 Å². The second-order valence-electron chi connectivity index (χ2n) is 7.20. The Morgan fingerprint density at radius 3 is 2.29 bits per heavy atom. The molecule has 2 amide bonds. The topological polar surface area (TPSA) is 97.6 Å². The Kier molecular flexibility index (Phi) is 6.87. The molecule has 31 heavy (non-hydrogen) atoms. The summed E-state index contributed by atoms with van der Waals surface area (Å²) in [7, 11) is 0. The van der Waals surface area contributed by atoms with Crippen molar-refractivity contribution in [3.8, 4) is 11.1 Å². The van der Waals surface area contributed by atoms with Crippen LogP contribution in [0.3, 0.4) is 0 Å². The van der Waals surface area contributed by atoms with Gasteiger partial charge in [0, 0.05) is 11.3 Å². The first-order chi connectivity index (χ1) is 14.8. The zero-order valence-electron chi connectivity index (χ0n) is 17.7. The van der Waals surface area contributed by atoms with Gasteiger partial charge >= 0.3 is 5.97 Å². The normalized spacial score (nSPS) is 10.4. The van der Waals surface area contributed by atoms with Crippen LogP contribution in [0.25, 0.3) is 11.1 Å². The van der Waals surface area contributed by atoms with Gasteiger partial charge in [0.25, 0.3) is 5.91 Å². The molecule has 0 aliphatic heterocycles. The standard InChI is InChI=1S/C24H24N2O5/c1-15-11-16(2)22(17(3)12-15)26-20(27)13-25-21(28)14-31-24(29)23-19(9-10-30-23)18-7-5-4-6-8-18/h4-12H,13-14H2,1-3H3,(H,25,28)(H,26,27). The number of hydrogen-bond acceptors (Lipinski definition) is 5. The van der Waals surface area contributed by atoms with Crippen molar-refractivity contribution in [1.29, 1.82) is 0 Å². The number of nitrogens with one attached hydrogen (secondary N) is 2. The molecule has 0 radical (unpaired) electrons. The van der Waals surface area contributed by atoms with E-state index in [1.54, 1.807) is 6.07 Å². The van der Waals surface area contributed by atoms with Crippen LogP contribution in [0, 0.1) is 20.8 Å². The molecule has 0 saturated carbocycles. The van der Waals surface area contributed by atoms with E-state index < -0.39 is 18.5 Å². The van der Waals surface area contributed by atoms with E-state index in [0.29, 0.717) is 5.56 Å². The Hall–Kier alpha value is -3.87. The number of hydrogen-bond donors (Lipinski definition) is 2. The molecule has 0 aliphatic rings. The molecule has 0 unspecified atom stereocenters. The van der Waals surface area contributed by atoms with Crippen LogP contribution in [-0.4, -0.2) is 30.9 Å². The Bertz CT molecular complexity index is 1080. The zero-order valence-corrected chi connectivity index (χ0v) is 17.7. The number of furan rings is 1. The lowest BCUT2D eigenvalue weighted by Crippen LogP contribution is -2.35. The van der Waals surface area contributed by atoms with Crippen molar-refractivity contribution >= 4 is 23.5 Å². The molecule has 2 aromatic carbocycles. The first-order valence-corrected chi connectivity index (χ1v) is 9.79. The smallest absolute Gasteiger partial charge is 0.375 e. The van der Waals surface area contributed by atoms with Crippen LogP contribution in [0.1, 0.15) is 27.2 Å². The Morgan fingerprint density at radius 1 is 0.935 bits per heavy atom. The van der Waals surface area contributed by atoms with E-state index in [9.17, 15) is 14.4 Å². The van der Waals surface area contributed by atoms with Gasteiger partial charge in [0.2, 0.25) is 11.7 Å². The summed E-state index contributed by atoms with van der Waals surface area (Å²) in [5.74, 6) is -1.70. The van der Waals surface area contributed by atoms with E-state index in [4.69, 9.17) is 9.15 Å². The van der Waals surface area contributed by atoms with E-state index >= 15 is 0 Å². The van der Waals surface area contributed by atoms with Gasteiger partial charge in [-0.3, -0.25) is 9.59 Å². The number of carbonyl (C=O) groups excluding carboxylic acids is 3. The van der Waals surface area contributed by atoms with E-state index in [1.807, 2.05) is 63.2 Å². The zero-order chi connectivity index (χ0) is 22.4. The van der Waals surface area contributed by atoms with E-state index in [2.05, 4.69) is 10.6 Å². The van der Waals surface area contributed by atoms with Gasteiger partial charge in [-0.1, -0.05) is 48.0 Å². The molecular weight excluding hydrogens is 396 g/mol. The van der Waals surface area contributed by atoms with Gasteiger partial charge in [0.15, 0.2) is 6.61 Å². The quantitative estimate of drug-likeness (QED) is 0.567. The Labute approximate surface area is 180 Å². The summed E-state index contributed by atoms with van der Waals surface area (Å²) >= 11 is 0. The van der Waals surface area contributed by atoms with Crippen molar-refractivity contribution in [2.24, 2.45) is 0 Å². The predicted octanol–water partition coefficient (Wildman–Crippen LogP) is 3.78. The fraction of sp³-hybridized carbons (Fsp3) is 0.208. The number of amides is 2. The minimum atomic E-state index is -0.755. The monoisotopic (exact) mass is 420 g/mol. The van der Waals surface area contributed by atoms with Crippen molar-refractivity contribution in [1.82, 2.24) is 5.32 Å². The third-order valence-electron chi connectivity index (χ3n) is 4.66. The fourth-order valence-electron chi connectivity index (χ4n) is 3.30. The van der Waals surface area contributed by atoms with Gasteiger partial charge in [0.1, 0.15) is 0 Å². The summed E-state index contributed by atoms with van der Waals surface area (Å²) in [4.78, 5) is 36.5. The molecule has 0 aliphatic carbocycles. The first-order valence-electron chi connectivity index (χ1n) is 9.79.